The number of rotatable bonds is 0. The van der Waals surface area contributed by atoms with Crippen LogP contribution in [0.2, 0.25) is 0 Å². The molecule has 0 heterocycles. The van der Waals surface area contributed by atoms with E-state index in [9.17, 15) is 0 Å². The molecule has 0 aliphatic carbocycles. The molecule has 0 aromatic carbocycles. The van der Waals surface area contributed by atoms with Crippen LogP contribution in [0, 0.1) is 0 Å². The van der Waals surface area contributed by atoms with Crippen molar-refractivity contribution < 1.29 is 15.0 Å². The molecule has 0 aromatic heterocycles. The first kappa shape index (κ1) is 15.7. The second-order valence-corrected chi connectivity index (χ2v) is 0.283. The molecule has 0 unspecified atom stereocenters. The first-order valence-electron chi connectivity index (χ1n) is 1.81. The first-order chi connectivity index (χ1) is 3.73. The van der Waals surface area contributed by atoms with Gasteiger partial charge in [-0.25, -0.2) is 4.79 Å². The summed E-state index contributed by atoms with van der Waals surface area (Å²) in [6.07, 6.45) is -1.83. The van der Waals surface area contributed by atoms with Crippen LogP contribution in [-0.4, -0.2) is 30.5 Å². The van der Waals surface area contributed by atoms with Crippen LogP contribution in [0.3, 0.4) is 0 Å². The number of nitrogens with two attached hydrogens (primary N) is 2. The Labute approximate surface area is 47.9 Å². The summed E-state index contributed by atoms with van der Waals surface area (Å²) in [5, 5.41) is 13.9. The summed E-state index contributed by atoms with van der Waals surface area (Å²) >= 11 is 0. The van der Waals surface area contributed by atoms with Crippen molar-refractivity contribution in [2.45, 2.75) is 0 Å². The second-order valence-electron chi connectivity index (χ2n) is 0.283. The predicted molar refractivity (Wildman–Crippen MR) is 30.9 cm³/mol. The van der Waals surface area contributed by atoms with Gasteiger partial charge in [-0.1, -0.05) is 0 Å². The lowest BCUT2D eigenvalue weighted by atomic mass is 11.5. The molecule has 5 heteroatoms. The van der Waals surface area contributed by atoms with Crippen molar-refractivity contribution in [3.05, 3.63) is 0 Å². The van der Waals surface area contributed by atoms with Gasteiger partial charge in [-0.05, 0) is 14.1 Å². The average molecular weight is 124 g/mol. The van der Waals surface area contributed by atoms with E-state index in [2.05, 4.69) is 11.5 Å². The highest BCUT2D eigenvalue weighted by molar-refractivity contribution is 5.53. The Hall–Kier alpha value is -0.810. The highest BCUT2D eigenvalue weighted by atomic mass is 16.6. The van der Waals surface area contributed by atoms with E-state index in [0.29, 0.717) is 0 Å². The third-order valence-electron chi connectivity index (χ3n) is 0. The van der Waals surface area contributed by atoms with E-state index in [1.807, 2.05) is 0 Å². The Balaban J connectivity index is -0.0000000542. The lowest BCUT2D eigenvalue weighted by molar-refractivity contribution is 0.137. The zero-order valence-corrected chi connectivity index (χ0v) is 4.96. The van der Waals surface area contributed by atoms with Gasteiger partial charge in [0.2, 0.25) is 0 Å². The summed E-state index contributed by atoms with van der Waals surface area (Å²) < 4.78 is 0. The van der Waals surface area contributed by atoms with Crippen LogP contribution in [0.1, 0.15) is 0 Å². The number of carbonyl (C=O) groups is 1. The summed E-state index contributed by atoms with van der Waals surface area (Å²) in [5.74, 6) is 0. The van der Waals surface area contributed by atoms with Crippen molar-refractivity contribution in [3.8, 4) is 0 Å². The fraction of sp³-hybridized carbons (Fsp3) is 0.667. The molecule has 8 heavy (non-hydrogen) atoms. The molecule has 5 nitrogen and oxygen atoms in total. The maximum absolute atomic E-state index is 8.56. The van der Waals surface area contributed by atoms with Crippen molar-refractivity contribution in [3.63, 3.8) is 0 Å². The molecule has 0 bridgehead atoms. The lowest BCUT2D eigenvalue weighted by Crippen LogP contribution is -1.81. The number of carboxylic acid groups (broad SMARTS) is 2. The monoisotopic (exact) mass is 124 g/mol. The summed E-state index contributed by atoms with van der Waals surface area (Å²) in [5.41, 5.74) is 9.00. The summed E-state index contributed by atoms with van der Waals surface area (Å²) in [7, 11) is 3.00. The molecule has 0 spiro atoms. The van der Waals surface area contributed by atoms with Gasteiger partial charge in [-0.15, -0.1) is 0 Å². The maximum Gasteiger partial charge on any atom is 0.503 e. The van der Waals surface area contributed by atoms with E-state index < -0.39 is 6.16 Å². The molecule has 0 saturated heterocycles. The predicted octanol–water partition coefficient (Wildman–Crippen LogP) is -0.628. The van der Waals surface area contributed by atoms with E-state index in [4.69, 9.17) is 15.0 Å². The van der Waals surface area contributed by atoms with Crippen LogP contribution in [0.4, 0.5) is 4.79 Å². The third kappa shape index (κ3) is 139. The zero-order chi connectivity index (χ0) is 7.58. The van der Waals surface area contributed by atoms with Crippen LogP contribution >= 0.6 is 0 Å². The summed E-state index contributed by atoms with van der Waals surface area (Å²) in [6.45, 7) is 0. The Morgan fingerprint density at radius 3 is 1.12 bits per heavy atom. The molecule has 0 fully saturated rings. The fourth-order valence-corrected chi connectivity index (χ4v) is 0. The van der Waals surface area contributed by atoms with Gasteiger partial charge >= 0.3 is 6.16 Å². The van der Waals surface area contributed by atoms with Crippen LogP contribution in [0.25, 0.3) is 0 Å². The van der Waals surface area contributed by atoms with Crippen LogP contribution in [-0.2, 0) is 0 Å². The fourth-order valence-electron chi connectivity index (χ4n) is 0. The second kappa shape index (κ2) is 34.8. The van der Waals surface area contributed by atoms with Crippen molar-refractivity contribution in [1.82, 2.24) is 0 Å². The van der Waals surface area contributed by atoms with Crippen molar-refractivity contribution in [2.24, 2.45) is 11.5 Å². The first-order valence-corrected chi connectivity index (χ1v) is 1.81. The molecule has 0 radical (unpaired) electrons. The molecular weight excluding hydrogens is 112 g/mol. The van der Waals surface area contributed by atoms with Gasteiger partial charge in [0.15, 0.2) is 0 Å². The van der Waals surface area contributed by atoms with E-state index >= 15 is 0 Å². The molecule has 0 aliphatic rings. The SMILES string of the molecule is CN.CN.O=C(O)O. The molecule has 52 valence electrons. The Kier molecular flexibility index (Phi) is 68.2. The largest absolute Gasteiger partial charge is 0.503 e. The minimum Gasteiger partial charge on any atom is -0.450 e. The van der Waals surface area contributed by atoms with E-state index in [1.165, 1.54) is 14.1 Å². The van der Waals surface area contributed by atoms with Gasteiger partial charge in [-0.3, -0.25) is 0 Å². The van der Waals surface area contributed by atoms with Crippen LogP contribution in [0.15, 0.2) is 0 Å². The van der Waals surface area contributed by atoms with E-state index in [-0.39, 0.29) is 0 Å². The van der Waals surface area contributed by atoms with Gasteiger partial charge in [0.25, 0.3) is 0 Å². The van der Waals surface area contributed by atoms with Gasteiger partial charge < -0.3 is 21.7 Å². The quantitative estimate of drug-likeness (QED) is 0.344. The Morgan fingerprint density at radius 2 is 1.12 bits per heavy atom. The van der Waals surface area contributed by atoms with Crippen LogP contribution < -0.4 is 11.5 Å². The highest BCUT2D eigenvalue weighted by Crippen LogP contribution is 1.42. The van der Waals surface area contributed by atoms with Gasteiger partial charge in [0, 0.05) is 0 Å². The normalized spacial score (nSPS) is 4.50. The topological polar surface area (TPSA) is 110 Å². The molecule has 6 N–H and O–H groups in total. The maximum atomic E-state index is 8.56. The minimum atomic E-state index is -1.83. The zero-order valence-electron chi connectivity index (χ0n) is 4.96. The molecule has 0 saturated carbocycles. The van der Waals surface area contributed by atoms with E-state index in [1.54, 1.807) is 0 Å². The lowest BCUT2D eigenvalue weighted by Gasteiger charge is -1.60. The molecule has 0 aliphatic heterocycles. The Bertz CT molecular complexity index is 35.5. The molecule has 0 aromatic rings. The van der Waals surface area contributed by atoms with Crippen molar-refractivity contribution in [1.29, 1.82) is 0 Å². The van der Waals surface area contributed by atoms with Crippen LogP contribution in [0.5, 0.6) is 0 Å². The molecule has 0 amide bonds. The van der Waals surface area contributed by atoms with E-state index in [0.717, 1.165) is 0 Å². The van der Waals surface area contributed by atoms with Gasteiger partial charge in [-0.2, -0.15) is 0 Å². The number of hydrogen-bond acceptors (Lipinski definition) is 3. The smallest absolute Gasteiger partial charge is 0.450 e. The molecule has 0 atom stereocenters. The summed E-state index contributed by atoms with van der Waals surface area (Å²) in [6, 6.07) is 0. The molecule has 0 rings (SSSR count). The molecular formula is C3H12N2O3. The highest BCUT2D eigenvalue weighted by Gasteiger charge is 1.70. The minimum absolute atomic E-state index is 1.50. The number of hydrogen-bond donors (Lipinski definition) is 4. The third-order valence-corrected chi connectivity index (χ3v) is 0. The average Bonchev–Trinajstić information content (AvgIpc) is 1.75. The van der Waals surface area contributed by atoms with Gasteiger partial charge in [0.1, 0.15) is 0 Å². The standard InChI is InChI=1S/2CH5N.CH2O3/c2*1-2;2-1(3)4/h2*2H2,1H3;(H2,2,3,4). The van der Waals surface area contributed by atoms with Gasteiger partial charge in [0.05, 0.1) is 0 Å². The van der Waals surface area contributed by atoms with Crippen molar-refractivity contribution in [2.75, 3.05) is 14.1 Å². The Morgan fingerprint density at radius 1 is 1.12 bits per heavy atom. The summed E-state index contributed by atoms with van der Waals surface area (Å²) in [4.78, 5) is 8.56. The van der Waals surface area contributed by atoms with Crippen molar-refractivity contribution >= 4 is 6.16 Å².